The average Bonchev–Trinajstić information content (AvgIpc) is 2.57. The van der Waals surface area contributed by atoms with Gasteiger partial charge in [-0.15, -0.1) is 0 Å². The molecule has 0 amide bonds. The predicted molar refractivity (Wildman–Crippen MR) is 69.4 cm³/mol. The Hall–Kier alpha value is -0.950. The molecule has 7 heteroatoms. The second kappa shape index (κ2) is 4.73. The standard InChI is InChI=1S/C10H12BrN3O2S/c1-2-9-13-8(11)5-10(14-9)12-7-3-4-17(15,16)6-7/h3-5,7H,2,6H2,1H3,(H,12,13,14). The number of nitrogens with zero attached hydrogens (tertiary/aromatic N) is 2. The van der Waals surface area contributed by atoms with Crippen molar-refractivity contribution in [2.24, 2.45) is 0 Å². The van der Waals surface area contributed by atoms with Gasteiger partial charge in [-0.3, -0.25) is 0 Å². The molecule has 17 heavy (non-hydrogen) atoms. The molecule has 0 radical (unpaired) electrons. The van der Waals surface area contributed by atoms with Crippen molar-refractivity contribution < 1.29 is 8.42 Å². The molecular formula is C10H12BrN3O2S. The number of hydrogen-bond donors (Lipinski definition) is 1. The molecule has 1 N–H and O–H groups in total. The molecule has 0 aromatic carbocycles. The zero-order valence-electron chi connectivity index (χ0n) is 9.22. The summed E-state index contributed by atoms with van der Waals surface area (Å²) in [5.74, 6) is 1.43. The van der Waals surface area contributed by atoms with Crippen LogP contribution >= 0.6 is 15.9 Å². The van der Waals surface area contributed by atoms with Crippen molar-refractivity contribution in [1.82, 2.24) is 9.97 Å². The molecule has 1 aliphatic heterocycles. The highest BCUT2D eigenvalue weighted by Crippen LogP contribution is 2.17. The lowest BCUT2D eigenvalue weighted by Gasteiger charge is -2.11. The first-order valence-electron chi connectivity index (χ1n) is 5.19. The van der Waals surface area contributed by atoms with Gasteiger partial charge in [0.1, 0.15) is 16.2 Å². The Balaban J connectivity index is 2.15. The van der Waals surface area contributed by atoms with Crippen molar-refractivity contribution in [3.8, 4) is 0 Å². The number of nitrogens with one attached hydrogen (secondary N) is 1. The van der Waals surface area contributed by atoms with Gasteiger partial charge < -0.3 is 5.32 Å². The van der Waals surface area contributed by atoms with Crippen LogP contribution in [0.2, 0.25) is 0 Å². The van der Waals surface area contributed by atoms with Crippen molar-refractivity contribution in [2.45, 2.75) is 19.4 Å². The summed E-state index contributed by atoms with van der Waals surface area (Å²) in [5.41, 5.74) is 0. The normalized spacial score (nSPS) is 21.6. The quantitative estimate of drug-likeness (QED) is 0.856. The molecule has 0 fully saturated rings. The summed E-state index contributed by atoms with van der Waals surface area (Å²) in [6, 6.07) is 1.52. The molecule has 5 nitrogen and oxygen atoms in total. The molecule has 1 atom stereocenters. The van der Waals surface area contributed by atoms with Gasteiger partial charge in [-0.1, -0.05) is 6.92 Å². The van der Waals surface area contributed by atoms with Crippen LogP contribution in [0.5, 0.6) is 0 Å². The Morgan fingerprint density at radius 3 is 2.88 bits per heavy atom. The number of aryl methyl sites for hydroxylation is 1. The highest BCUT2D eigenvalue weighted by molar-refractivity contribution is 9.10. The van der Waals surface area contributed by atoms with Crippen molar-refractivity contribution in [2.75, 3.05) is 11.1 Å². The highest BCUT2D eigenvalue weighted by atomic mass is 79.9. The van der Waals surface area contributed by atoms with E-state index in [4.69, 9.17) is 0 Å². The summed E-state index contributed by atoms with van der Waals surface area (Å²) in [5, 5.41) is 4.30. The lowest BCUT2D eigenvalue weighted by atomic mass is 10.3. The van der Waals surface area contributed by atoms with E-state index in [1.807, 2.05) is 6.92 Å². The molecule has 1 unspecified atom stereocenters. The number of rotatable bonds is 3. The molecule has 92 valence electrons. The van der Waals surface area contributed by atoms with Gasteiger partial charge in [0, 0.05) is 17.9 Å². The summed E-state index contributed by atoms with van der Waals surface area (Å²) in [7, 11) is -3.04. The van der Waals surface area contributed by atoms with Gasteiger partial charge in [0.15, 0.2) is 9.84 Å². The maximum absolute atomic E-state index is 11.3. The zero-order valence-corrected chi connectivity index (χ0v) is 11.6. The summed E-state index contributed by atoms with van der Waals surface area (Å²) in [4.78, 5) is 8.47. The molecule has 2 heterocycles. The fourth-order valence-electron chi connectivity index (χ4n) is 1.55. The van der Waals surface area contributed by atoms with E-state index in [1.165, 1.54) is 5.41 Å². The van der Waals surface area contributed by atoms with Crippen LogP contribution in [0.4, 0.5) is 5.82 Å². The summed E-state index contributed by atoms with van der Waals surface area (Å²) < 4.78 is 23.2. The van der Waals surface area contributed by atoms with Gasteiger partial charge >= 0.3 is 0 Å². The van der Waals surface area contributed by atoms with Crippen molar-refractivity contribution in [1.29, 1.82) is 0 Å². The number of sulfone groups is 1. The zero-order chi connectivity index (χ0) is 12.5. The third-order valence-corrected chi connectivity index (χ3v) is 4.12. The van der Waals surface area contributed by atoms with E-state index in [2.05, 4.69) is 31.2 Å². The number of halogens is 1. The minimum atomic E-state index is -3.04. The molecule has 2 rings (SSSR count). The number of aromatic nitrogens is 2. The topological polar surface area (TPSA) is 72.0 Å². The van der Waals surface area contributed by atoms with Gasteiger partial charge in [0.25, 0.3) is 0 Å². The number of hydrogen-bond acceptors (Lipinski definition) is 5. The Kier molecular flexibility index (Phi) is 3.48. The Bertz CT molecular complexity index is 557. The third kappa shape index (κ3) is 3.26. The van der Waals surface area contributed by atoms with E-state index >= 15 is 0 Å². The van der Waals surface area contributed by atoms with Crippen LogP contribution < -0.4 is 5.32 Å². The summed E-state index contributed by atoms with van der Waals surface area (Å²) in [6.45, 7) is 1.96. The second-order valence-electron chi connectivity index (χ2n) is 3.75. The van der Waals surface area contributed by atoms with Crippen LogP contribution in [-0.4, -0.2) is 30.2 Å². The first-order chi connectivity index (χ1) is 7.98. The molecule has 0 bridgehead atoms. The molecule has 1 aliphatic rings. The fourth-order valence-corrected chi connectivity index (χ4v) is 3.21. The van der Waals surface area contributed by atoms with E-state index in [1.54, 1.807) is 12.1 Å². The summed E-state index contributed by atoms with van der Waals surface area (Å²) >= 11 is 3.30. The largest absolute Gasteiger partial charge is 0.363 e. The molecule has 1 aromatic heterocycles. The van der Waals surface area contributed by atoms with E-state index in [0.717, 1.165) is 6.42 Å². The Labute approximate surface area is 108 Å². The number of anilines is 1. The van der Waals surface area contributed by atoms with Crippen LogP contribution in [0.15, 0.2) is 22.2 Å². The van der Waals surface area contributed by atoms with E-state index in [9.17, 15) is 8.42 Å². The highest BCUT2D eigenvalue weighted by Gasteiger charge is 2.21. The van der Waals surface area contributed by atoms with Crippen molar-refractivity contribution in [3.05, 3.63) is 28.0 Å². The van der Waals surface area contributed by atoms with Gasteiger partial charge in [-0.25, -0.2) is 18.4 Å². The Morgan fingerprint density at radius 2 is 2.29 bits per heavy atom. The van der Waals surface area contributed by atoms with Gasteiger partial charge in [-0.2, -0.15) is 0 Å². The molecule has 0 saturated carbocycles. The van der Waals surface area contributed by atoms with Crippen molar-refractivity contribution >= 4 is 31.6 Å². The lowest BCUT2D eigenvalue weighted by Crippen LogP contribution is -2.21. The van der Waals surface area contributed by atoms with Crippen LogP contribution in [0, 0.1) is 0 Å². The second-order valence-corrected chi connectivity index (χ2v) is 6.50. The average molecular weight is 318 g/mol. The minimum absolute atomic E-state index is 0.0794. The van der Waals surface area contributed by atoms with E-state index in [-0.39, 0.29) is 11.8 Å². The Morgan fingerprint density at radius 1 is 1.53 bits per heavy atom. The predicted octanol–water partition coefficient (Wildman–Crippen LogP) is 1.52. The summed E-state index contributed by atoms with van der Waals surface area (Å²) in [6.07, 6.45) is 2.36. The van der Waals surface area contributed by atoms with Crippen LogP contribution in [0.25, 0.3) is 0 Å². The molecule has 0 saturated heterocycles. The fraction of sp³-hybridized carbons (Fsp3) is 0.400. The SMILES string of the molecule is CCc1nc(Br)cc(NC2C=CS(=O)(=O)C2)n1. The van der Waals surface area contributed by atoms with Gasteiger partial charge in [0.2, 0.25) is 0 Å². The maximum atomic E-state index is 11.3. The first-order valence-corrected chi connectivity index (χ1v) is 7.70. The van der Waals surface area contributed by atoms with E-state index in [0.29, 0.717) is 16.2 Å². The molecule has 1 aromatic rings. The minimum Gasteiger partial charge on any atom is -0.363 e. The van der Waals surface area contributed by atoms with Crippen LogP contribution in [0.1, 0.15) is 12.7 Å². The van der Waals surface area contributed by atoms with E-state index < -0.39 is 9.84 Å². The smallest absolute Gasteiger partial charge is 0.173 e. The van der Waals surface area contributed by atoms with Gasteiger partial charge in [0.05, 0.1) is 11.8 Å². The molecular weight excluding hydrogens is 306 g/mol. The maximum Gasteiger partial charge on any atom is 0.173 e. The van der Waals surface area contributed by atoms with Crippen molar-refractivity contribution in [3.63, 3.8) is 0 Å². The van der Waals surface area contributed by atoms with Crippen LogP contribution in [-0.2, 0) is 16.3 Å². The molecule has 0 spiro atoms. The van der Waals surface area contributed by atoms with Gasteiger partial charge in [-0.05, 0) is 22.0 Å². The molecule has 0 aliphatic carbocycles. The lowest BCUT2D eigenvalue weighted by molar-refractivity contribution is 0.605. The first kappa shape index (κ1) is 12.5. The van der Waals surface area contributed by atoms with Crippen LogP contribution in [0.3, 0.4) is 0 Å². The third-order valence-electron chi connectivity index (χ3n) is 2.32. The monoisotopic (exact) mass is 317 g/mol.